The van der Waals surface area contributed by atoms with Gasteiger partial charge in [0.05, 0.1) is 5.69 Å². The van der Waals surface area contributed by atoms with E-state index < -0.39 is 0 Å². The molecule has 2 aromatic rings. The van der Waals surface area contributed by atoms with E-state index in [9.17, 15) is 4.79 Å². The molecule has 0 spiro atoms. The van der Waals surface area contributed by atoms with Crippen LogP contribution in [0.2, 0.25) is 5.02 Å². The van der Waals surface area contributed by atoms with Crippen LogP contribution in [0.25, 0.3) is 0 Å². The third-order valence-corrected chi connectivity index (χ3v) is 3.16. The number of aryl methyl sites for hydroxylation is 2. The molecule has 1 heterocycles. The second-order valence-electron chi connectivity index (χ2n) is 4.36. The number of nitrogens with zero attached hydrogens (tertiary/aromatic N) is 1. The van der Waals surface area contributed by atoms with Crippen LogP contribution in [0.15, 0.2) is 28.8 Å². The molecule has 0 unspecified atom stereocenters. The highest BCUT2D eigenvalue weighted by molar-refractivity contribution is 6.30. The van der Waals surface area contributed by atoms with E-state index in [0.717, 1.165) is 22.7 Å². The molecule has 100 valence electrons. The number of benzene rings is 1. The number of rotatable bonds is 4. The van der Waals surface area contributed by atoms with Crippen LogP contribution in [0.1, 0.15) is 23.4 Å². The predicted molar refractivity (Wildman–Crippen MR) is 74.4 cm³/mol. The molecule has 4 nitrogen and oxygen atoms in total. The van der Waals surface area contributed by atoms with E-state index in [1.165, 1.54) is 0 Å². The van der Waals surface area contributed by atoms with Crippen molar-refractivity contribution in [2.45, 2.75) is 26.7 Å². The first kappa shape index (κ1) is 13.6. The molecular weight excluding hydrogens is 264 g/mol. The number of anilines is 1. The molecule has 0 aliphatic heterocycles. The van der Waals surface area contributed by atoms with Crippen molar-refractivity contribution >= 4 is 23.2 Å². The van der Waals surface area contributed by atoms with Gasteiger partial charge < -0.3 is 9.84 Å². The van der Waals surface area contributed by atoms with Crippen molar-refractivity contribution in [1.29, 1.82) is 0 Å². The van der Waals surface area contributed by atoms with Gasteiger partial charge >= 0.3 is 0 Å². The van der Waals surface area contributed by atoms with E-state index >= 15 is 0 Å². The SMILES string of the molecule is Cc1noc(C)c1CCC(=O)Nc1ccc(Cl)cc1. The minimum Gasteiger partial charge on any atom is -0.361 e. The average molecular weight is 279 g/mol. The molecule has 1 N–H and O–H groups in total. The minimum absolute atomic E-state index is 0.0395. The highest BCUT2D eigenvalue weighted by Crippen LogP contribution is 2.16. The fourth-order valence-corrected chi connectivity index (χ4v) is 1.98. The zero-order valence-electron chi connectivity index (χ0n) is 10.9. The first-order valence-corrected chi connectivity index (χ1v) is 6.41. The van der Waals surface area contributed by atoms with Gasteiger partial charge in [-0.2, -0.15) is 0 Å². The largest absolute Gasteiger partial charge is 0.361 e. The van der Waals surface area contributed by atoms with Crippen molar-refractivity contribution in [2.24, 2.45) is 0 Å². The van der Waals surface area contributed by atoms with Crippen LogP contribution in [0.3, 0.4) is 0 Å². The summed E-state index contributed by atoms with van der Waals surface area (Å²) < 4.78 is 5.06. The monoisotopic (exact) mass is 278 g/mol. The van der Waals surface area contributed by atoms with Crippen LogP contribution in [0, 0.1) is 13.8 Å². The predicted octanol–water partition coefficient (Wildman–Crippen LogP) is 3.52. The topological polar surface area (TPSA) is 55.1 Å². The Bertz CT molecular complexity index is 556. The van der Waals surface area contributed by atoms with E-state index in [1.54, 1.807) is 24.3 Å². The quantitative estimate of drug-likeness (QED) is 0.931. The number of halogens is 1. The molecule has 0 fully saturated rings. The molecule has 0 saturated heterocycles. The molecule has 0 atom stereocenters. The van der Waals surface area contributed by atoms with E-state index in [1.807, 2.05) is 13.8 Å². The Balaban J connectivity index is 1.90. The molecule has 2 rings (SSSR count). The summed E-state index contributed by atoms with van der Waals surface area (Å²) in [5.41, 5.74) is 2.59. The first-order chi connectivity index (χ1) is 9.06. The second-order valence-corrected chi connectivity index (χ2v) is 4.79. The van der Waals surface area contributed by atoms with Crippen LogP contribution in [0.4, 0.5) is 5.69 Å². The van der Waals surface area contributed by atoms with Crippen molar-refractivity contribution in [3.8, 4) is 0 Å². The summed E-state index contributed by atoms with van der Waals surface area (Å²) >= 11 is 5.78. The van der Waals surface area contributed by atoms with Gasteiger partial charge in [0, 0.05) is 22.7 Å². The maximum atomic E-state index is 11.8. The molecular formula is C14H15ClN2O2. The van der Waals surface area contributed by atoms with Crippen LogP contribution in [-0.2, 0) is 11.2 Å². The molecule has 1 amide bonds. The van der Waals surface area contributed by atoms with Gasteiger partial charge in [0.1, 0.15) is 5.76 Å². The van der Waals surface area contributed by atoms with Gasteiger partial charge in [0.25, 0.3) is 0 Å². The number of aromatic nitrogens is 1. The third-order valence-electron chi connectivity index (χ3n) is 2.91. The van der Waals surface area contributed by atoms with Gasteiger partial charge in [-0.1, -0.05) is 16.8 Å². The molecule has 0 aliphatic carbocycles. The Hall–Kier alpha value is -1.81. The van der Waals surface area contributed by atoms with Crippen LogP contribution in [-0.4, -0.2) is 11.1 Å². The summed E-state index contributed by atoms with van der Waals surface area (Å²) in [4.78, 5) is 11.8. The Kier molecular flexibility index (Phi) is 4.22. The maximum absolute atomic E-state index is 11.8. The van der Waals surface area contributed by atoms with E-state index in [4.69, 9.17) is 16.1 Å². The van der Waals surface area contributed by atoms with Crippen molar-refractivity contribution in [3.63, 3.8) is 0 Å². The molecule has 1 aromatic carbocycles. The van der Waals surface area contributed by atoms with Crippen molar-refractivity contribution < 1.29 is 9.32 Å². The second kappa shape index (κ2) is 5.89. The highest BCUT2D eigenvalue weighted by atomic mass is 35.5. The summed E-state index contributed by atoms with van der Waals surface area (Å²) in [6.07, 6.45) is 1.02. The van der Waals surface area contributed by atoms with Crippen LogP contribution < -0.4 is 5.32 Å². The Morgan fingerprint density at radius 3 is 2.58 bits per heavy atom. The first-order valence-electron chi connectivity index (χ1n) is 6.03. The Morgan fingerprint density at radius 2 is 2.00 bits per heavy atom. The summed E-state index contributed by atoms with van der Waals surface area (Å²) in [6.45, 7) is 3.73. The minimum atomic E-state index is -0.0395. The lowest BCUT2D eigenvalue weighted by atomic mass is 10.1. The van der Waals surface area contributed by atoms with Gasteiger partial charge in [-0.05, 0) is 44.5 Å². The van der Waals surface area contributed by atoms with Gasteiger partial charge in [-0.25, -0.2) is 0 Å². The van der Waals surface area contributed by atoms with Crippen molar-refractivity contribution in [1.82, 2.24) is 5.16 Å². The number of nitrogens with one attached hydrogen (secondary N) is 1. The number of carbonyl (C=O) groups excluding carboxylic acids is 1. The summed E-state index contributed by atoms with van der Waals surface area (Å²) in [5.74, 6) is 0.735. The lowest BCUT2D eigenvalue weighted by Crippen LogP contribution is -2.12. The molecule has 0 aliphatic rings. The van der Waals surface area contributed by atoms with E-state index in [-0.39, 0.29) is 5.91 Å². The van der Waals surface area contributed by atoms with Gasteiger partial charge in [0.2, 0.25) is 5.91 Å². The Labute approximate surface area is 116 Å². The lowest BCUT2D eigenvalue weighted by Gasteiger charge is -2.05. The van der Waals surface area contributed by atoms with Gasteiger partial charge in [-0.3, -0.25) is 4.79 Å². The smallest absolute Gasteiger partial charge is 0.224 e. The van der Waals surface area contributed by atoms with E-state index in [0.29, 0.717) is 17.9 Å². The summed E-state index contributed by atoms with van der Waals surface area (Å²) in [7, 11) is 0. The number of hydrogen-bond acceptors (Lipinski definition) is 3. The molecule has 1 aromatic heterocycles. The number of amides is 1. The van der Waals surface area contributed by atoms with Gasteiger partial charge in [0.15, 0.2) is 0 Å². The standard InChI is InChI=1S/C14H15ClN2O2/c1-9-13(10(2)19-17-9)7-8-14(18)16-12-5-3-11(15)4-6-12/h3-6H,7-8H2,1-2H3,(H,16,18). The highest BCUT2D eigenvalue weighted by Gasteiger charge is 2.11. The number of hydrogen-bond donors (Lipinski definition) is 1. The fourth-order valence-electron chi connectivity index (χ4n) is 1.85. The third kappa shape index (κ3) is 3.58. The maximum Gasteiger partial charge on any atom is 0.224 e. The molecule has 0 saturated carbocycles. The molecule has 19 heavy (non-hydrogen) atoms. The van der Waals surface area contributed by atoms with Crippen LogP contribution >= 0.6 is 11.6 Å². The molecule has 0 bridgehead atoms. The van der Waals surface area contributed by atoms with Crippen LogP contribution in [0.5, 0.6) is 0 Å². The zero-order valence-corrected chi connectivity index (χ0v) is 11.6. The fraction of sp³-hybridized carbons (Fsp3) is 0.286. The summed E-state index contributed by atoms with van der Waals surface area (Å²) in [6, 6.07) is 7.03. The van der Waals surface area contributed by atoms with E-state index in [2.05, 4.69) is 10.5 Å². The van der Waals surface area contributed by atoms with Crippen molar-refractivity contribution in [3.05, 3.63) is 46.3 Å². The van der Waals surface area contributed by atoms with Gasteiger partial charge in [-0.15, -0.1) is 0 Å². The van der Waals surface area contributed by atoms with Crippen molar-refractivity contribution in [2.75, 3.05) is 5.32 Å². The molecule has 5 heteroatoms. The average Bonchev–Trinajstić information content (AvgIpc) is 2.70. The normalized spacial score (nSPS) is 10.5. The Morgan fingerprint density at radius 1 is 1.32 bits per heavy atom. The zero-order chi connectivity index (χ0) is 13.8. The lowest BCUT2D eigenvalue weighted by molar-refractivity contribution is -0.116. The molecule has 0 radical (unpaired) electrons. The summed E-state index contributed by atoms with van der Waals surface area (Å²) in [5, 5.41) is 7.34. The number of carbonyl (C=O) groups is 1.